The Bertz CT molecular complexity index is 460. The molecular formula is C12H14N2OS2. The monoisotopic (exact) mass is 266 g/mol. The molecule has 5 heteroatoms. The smallest absolute Gasteiger partial charge is 0.217 e. The van der Waals surface area contributed by atoms with Gasteiger partial charge in [0, 0.05) is 17.6 Å². The zero-order valence-corrected chi connectivity index (χ0v) is 11.4. The van der Waals surface area contributed by atoms with Crippen molar-refractivity contribution in [2.24, 2.45) is 4.99 Å². The molecule has 17 heavy (non-hydrogen) atoms. The Labute approximate surface area is 109 Å². The van der Waals surface area contributed by atoms with Crippen molar-refractivity contribution in [1.82, 2.24) is 5.32 Å². The lowest BCUT2D eigenvalue weighted by atomic mass is 10.3. The van der Waals surface area contributed by atoms with E-state index in [0.717, 1.165) is 16.5 Å². The average molecular weight is 266 g/mol. The number of hydrogen-bond donors (Lipinski definition) is 1. The van der Waals surface area contributed by atoms with Crippen LogP contribution in [0.4, 0.5) is 5.69 Å². The van der Waals surface area contributed by atoms with Crippen LogP contribution in [0.3, 0.4) is 0 Å². The first-order chi connectivity index (χ1) is 8.20. The van der Waals surface area contributed by atoms with Crippen LogP contribution in [0.15, 0.2) is 34.2 Å². The van der Waals surface area contributed by atoms with Gasteiger partial charge in [0.1, 0.15) is 0 Å². The Kier molecular flexibility index (Phi) is 4.12. The van der Waals surface area contributed by atoms with Crippen molar-refractivity contribution in [2.45, 2.75) is 17.9 Å². The number of nitrogens with zero attached hydrogens (tertiary/aromatic N) is 1. The molecule has 0 aromatic heterocycles. The Hall–Kier alpha value is -0.940. The highest BCUT2D eigenvalue weighted by Gasteiger charge is 2.21. The molecule has 0 spiro atoms. The Balaban J connectivity index is 2.31. The maximum absolute atomic E-state index is 11.2. The number of carbonyl (C=O) groups is 1. The van der Waals surface area contributed by atoms with E-state index in [1.54, 1.807) is 30.4 Å². The van der Waals surface area contributed by atoms with Crippen LogP contribution in [-0.2, 0) is 4.79 Å². The Morgan fingerprint density at radius 2 is 2.29 bits per heavy atom. The van der Waals surface area contributed by atoms with Gasteiger partial charge in [-0.3, -0.25) is 4.79 Å². The molecule has 1 unspecified atom stereocenters. The van der Waals surface area contributed by atoms with Gasteiger partial charge in [0.15, 0.2) is 0 Å². The van der Waals surface area contributed by atoms with Crippen LogP contribution < -0.4 is 5.32 Å². The predicted molar refractivity (Wildman–Crippen MR) is 75.4 cm³/mol. The molecule has 0 fully saturated rings. The number of hydrogen-bond acceptors (Lipinski definition) is 4. The van der Waals surface area contributed by atoms with E-state index in [1.807, 2.05) is 24.5 Å². The number of carbonyl (C=O) groups excluding carboxylic acids is 1. The number of amides is 1. The van der Waals surface area contributed by atoms with Gasteiger partial charge in [0.05, 0.1) is 16.8 Å². The predicted octanol–water partition coefficient (Wildman–Crippen LogP) is 2.69. The molecule has 1 heterocycles. The normalized spacial score (nSPS) is 18.9. The van der Waals surface area contributed by atoms with E-state index < -0.39 is 0 Å². The highest BCUT2D eigenvalue weighted by Crippen LogP contribution is 2.34. The summed E-state index contributed by atoms with van der Waals surface area (Å²) in [4.78, 5) is 17.0. The summed E-state index contributed by atoms with van der Waals surface area (Å²) in [5.74, 6) is 0.819. The van der Waals surface area contributed by atoms with Crippen LogP contribution >= 0.6 is 23.5 Å². The summed E-state index contributed by atoms with van der Waals surface area (Å²) in [7, 11) is 0. The Morgan fingerprint density at radius 1 is 1.53 bits per heavy atom. The summed E-state index contributed by atoms with van der Waals surface area (Å²) in [6, 6.07) is 8.09. The van der Waals surface area contributed by atoms with Gasteiger partial charge in [-0.2, -0.15) is 0 Å². The third-order valence-electron chi connectivity index (χ3n) is 2.39. The summed E-state index contributed by atoms with van der Waals surface area (Å²) in [5, 5.41) is 3.92. The molecule has 2 rings (SSSR count). The molecule has 0 aliphatic carbocycles. The first kappa shape index (κ1) is 12.5. The van der Waals surface area contributed by atoms with Gasteiger partial charge < -0.3 is 5.32 Å². The molecule has 3 nitrogen and oxygen atoms in total. The quantitative estimate of drug-likeness (QED) is 0.849. The van der Waals surface area contributed by atoms with Gasteiger partial charge in [0.25, 0.3) is 0 Å². The summed E-state index contributed by atoms with van der Waals surface area (Å²) < 4.78 is 0. The number of rotatable bonds is 1. The SMILES string of the molecule is CSC1=Nc2ccccc2SCC1NC(C)=O. The van der Waals surface area contributed by atoms with Crippen molar-refractivity contribution in [3.05, 3.63) is 24.3 Å². The topological polar surface area (TPSA) is 41.5 Å². The van der Waals surface area contributed by atoms with Gasteiger partial charge in [-0.15, -0.1) is 23.5 Å². The van der Waals surface area contributed by atoms with Crippen LogP contribution in [0.1, 0.15) is 6.92 Å². The molecule has 0 saturated carbocycles. The molecule has 1 aliphatic rings. The second-order valence-electron chi connectivity index (χ2n) is 3.69. The molecule has 1 atom stereocenters. The van der Waals surface area contributed by atoms with E-state index in [1.165, 1.54) is 4.90 Å². The molecule has 1 aliphatic heterocycles. The van der Waals surface area contributed by atoms with Crippen LogP contribution in [0.2, 0.25) is 0 Å². The molecule has 90 valence electrons. The average Bonchev–Trinajstić information content (AvgIpc) is 2.48. The maximum atomic E-state index is 11.2. The van der Waals surface area contributed by atoms with Crippen LogP contribution in [0.25, 0.3) is 0 Å². The minimum atomic E-state index is -0.0108. The van der Waals surface area contributed by atoms with Gasteiger partial charge in [-0.1, -0.05) is 12.1 Å². The number of aliphatic imine (C=N–C) groups is 1. The van der Waals surface area contributed by atoms with E-state index in [4.69, 9.17) is 0 Å². The van der Waals surface area contributed by atoms with Crippen LogP contribution in [0.5, 0.6) is 0 Å². The van der Waals surface area contributed by atoms with Gasteiger partial charge >= 0.3 is 0 Å². The lowest BCUT2D eigenvalue weighted by molar-refractivity contribution is -0.119. The van der Waals surface area contributed by atoms with E-state index in [9.17, 15) is 4.79 Å². The molecular weight excluding hydrogens is 252 g/mol. The number of thioether (sulfide) groups is 2. The maximum Gasteiger partial charge on any atom is 0.217 e. The fourth-order valence-electron chi connectivity index (χ4n) is 1.65. The first-order valence-corrected chi connectivity index (χ1v) is 7.53. The van der Waals surface area contributed by atoms with Gasteiger partial charge in [-0.05, 0) is 18.4 Å². The van der Waals surface area contributed by atoms with Crippen molar-refractivity contribution >= 4 is 40.2 Å². The van der Waals surface area contributed by atoms with E-state index >= 15 is 0 Å². The van der Waals surface area contributed by atoms with Crippen molar-refractivity contribution in [3.8, 4) is 0 Å². The minimum absolute atomic E-state index is 0.0108. The van der Waals surface area contributed by atoms with Crippen molar-refractivity contribution < 1.29 is 4.79 Å². The van der Waals surface area contributed by atoms with Crippen molar-refractivity contribution in [3.63, 3.8) is 0 Å². The molecule has 1 N–H and O–H groups in total. The van der Waals surface area contributed by atoms with E-state index in [0.29, 0.717) is 0 Å². The summed E-state index contributed by atoms with van der Waals surface area (Å²) in [6.45, 7) is 1.54. The molecule has 0 bridgehead atoms. The number of fused-ring (bicyclic) bond motifs is 1. The van der Waals surface area contributed by atoms with Crippen LogP contribution in [0, 0.1) is 0 Å². The molecule has 0 radical (unpaired) electrons. The van der Waals surface area contributed by atoms with Gasteiger partial charge in [-0.25, -0.2) is 4.99 Å². The molecule has 0 saturated heterocycles. The summed E-state index contributed by atoms with van der Waals surface area (Å²) >= 11 is 3.33. The molecule has 1 aromatic rings. The lowest BCUT2D eigenvalue weighted by Crippen LogP contribution is -2.39. The van der Waals surface area contributed by atoms with Crippen LogP contribution in [-0.4, -0.2) is 29.0 Å². The standard InChI is InChI=1S/C12H14N2OS2/c1-8(15)13-10-7-17-11-6-4-3-5-9(11)14-12(10)16-2/h3-6,10H,7H2,1-2H3,(H,13,15). The lowest BCUT2D eigenvalue weighted by Gasteiger charge is -2.15. The van der Waals surface area contributed by atoms with Crippen molar-refractivity contribution in [2.75, 3.05) is 12.0 Å². The first-order valence-electron chi connectivity index (χ1n) is 5.32. The third-order valence-corrected chi connectivity index (χ3v) is 4.34. The van der Waals surface area contributed by atoms with E-state index in [2.05, 4.69) is 16.4 Å². The number of nitrogens with one attached hydrogen (secondary N) is 1. The Morgan fingerprint density at radius 3 is 3.00 bits per heavy atom. The second kappa shape index (κ2) is 5.60. The fraction of sp³-hybridized carbons (Fsp3) is 0.333. The number of para-hydroxylation sites is 1. The van der Waals surface area contributed by atoms with Gasteiger partial charge in [0.2, 0.25) is 5.91 Å². The summed E-state index contributed by atoms with van der Waals surface area (Å²) in [5.41, 5.74) is 0.995. The second-order valence-corrected chi connectivity index (χ2v) is 5.57. The minimum Gasteiger partial charge on any atom is -0.347 e. The third kappa shape index (κ3) is 3.04. The molecule has 1 amide bonds. The molecule has 1 aromatic carbocycles. The highest BCUT2D eigenvalue weighted by atomic mass is 32.2. The van der Waals surface area contributed by atoms with E-state index in [-0.39, 0.29) is 11.9 Å². The number of benzene rings is 1. The zero-order valence-electron chi connectivity index (χ0n) is 9.77. The zero-order chi connectivity index (χ0) is 12.3. The summed E-state index contributed by atoms with van der Waals surface area (Å²) in [6.07, 6.45) is 1.99. The van der Waals surface area contributed by atoms with Crippen molar-refractivity contribution in [1.29, 1.82) is 0 Å². The fourth-order valence-corrected chi connectivity index (χ4v) is 3.39. The largest absolute Gasteiger partial charge is 0.347 e. The highest BCUT2D eigenvalue weighted by molar-refractivity contribution is 8.13.